The number of carbonyl (C=O) groups excluding carboxylic acids is 2. The van der Waals surface area contributed by atoms with Crippen LogP contribution < -0.4 is 4.72 Å². The van der Waals surface area contributed by atoms with E-state index in [0.29, 0.717) is 35.0 Å². The highest BCUT2D eigenvalue weighted by Gasteiger charge is 2.30. The van der Waals surface area contributed by atoms with Crippen LogP contribution in [0.3, 0.4) is 0 Å². The number of carbonyl (C=O) groups is 2. The maximum absolute atomic E-state index is 12.4. The van der Waals surface area contributed by atoms with Crippen molar-refractivity contribution >= 4 is 47.3 Å². The second kappa shape index (κ2) is 10.1. The van der Waals surface area contributed by atoms with Gasteiger partial charge >= 0.3 is 11.9 Å². The molecule has 1 aromatic rings. The smallest absolute Gasteiger partial charge is 0.337 e. The monoisotopic (exact) mass is 418 g/mol. The molecule has 0 aromatic heterocycles. The van der Waals surface area contributed by atoms with Gasteiger partial charge in [0, 0.05) is 41.3 Å². The number of ether oxygens (including phenoxy) is 2. The molecule has 0 bridgehead atoms. The highest BCUT2D eigenvalue weighted by Crippen LogP contribution is 2.36. The molecule has 26 heavy (non-hydrogen) atoms. The molecular formula is C17H20Cl2N2O4S. The van der Waals surface area contributed by atoms with Gasteiger partial charge in [-0.3, -0.25) is 4.79 Å². The highest BCUT2D eigenvalue weighted by molar-refractivity contribution is 7.95. The van der Waals surface area contributed by atoms with Crippen molar-refractivity contribution in [3.8, 4) is 0 Å². The van der Waals surface area contributed by atoms with Gasteiger partial charge in [-0.1, -0.05) is 29.3 Å². The summed E-state index contributed by atoms with van der Waals surface area (Å²) in [6.07, 6.45) is 2.63. The molecule has 1 heterocycles. The second-order valence-corrected chi connectivity index (χ2v) is 7.16. The molecule has 0 saturated heterocycles. The van der Waals surface area contributed by atoms with Crippen LogP contribution >= 0.6 is 35.3 Å². The normalized spacial score (nSPS) is 16.8. The van der Waals surface area contributed by atoms with Crippen LogP contribution in [0, 0.1) is 0 Å². The van der Waals surface area contributed by atoms with Crippen LogP contribution in [0.25, 0.3) is 0 Å². The standard InChI is InChI=1S/C17H20Cl2N2O4S/c1-3-25-17(23)13-10-21(8-4-5-15(22)24-2)26-20-16(13)12-7-6-11(18)9-14(12)19/h6-7,9-10,16,20H,3-5,8H2,1-2H3. The van der Waals surface area contributed by atoms with Gasteiger partial charge in [-0.05, 0) is 31.0 Å². The van der Waals surface area contributed by atoms with Gasteiger partial charge in [-0.2, -0.15) is 0 Å². The van der Waals surface area contributed by atoms with Crippen molar-refractivity contribution < 1.29 is 19.1 Å². The summed E-state index contributed by atoms with van der Waals surface area (Å²) in [6, 6.07) is 4.71. The van der Waals surface area contributed by atoms with Gasteiger partial charge in [-0.25, -0.2) is 9.52 Å². The molecule has 2 rings (SSSR count). The third-order valence-corrected chi connectivity index (χ3v) is 5.08. The summed E-state index contributed by atoms with van der Waals surface area (Å²) in [6.45, 7) is 2.59. The molecule has 1 aliphatic heterocycles. The Morgan fingerprint density at radius 3 is 2.77 bits per heavy atom. The lowest BCUT2D eigenvalue weighted by molar-refractivity contribution is -0.141. The fraction of sp³-hybridized carbons (Fsp3) is 0.412. The third kappa shape index (κ3) is 5.54. The lowest BCUT2D eigenvalue weighted by atomic mass is 10.00. The average molecular weight is 419 g/mol. The summed E-state index contributed by atoms with van der Waals surface area (Å²) in [7, 11) is 1.36. The maximum atomic E-state index is 12.4. The molecule has 142 valence electrons. The Labute approximate surface area is 167 Å². The summed E-state index contributed by atoms with van der Waals surface area (Å²) < 4.78 is 14.9. The minimum absolute atomic E-state index is 0.264. The van der Waals surface area contributed by atoms with E-state index in [1.54, 1.807) is 31.3 Å². The number of methoxy groups -OCH3 is 1. The number of halogens is 2. The molecule has 0 saturated carbocycles. The van der Waals surface area contributed by atoms with E-state index < -0.39 is 12.0 Å². The van der Waals surface area contributed by atoms with E-state index in [0.717, 1.165) is 5.56 Å². The minimum atomic E-state index is -0.430. The molecule has 0 spiro atoms. The van der Waals surface area contributed by atoms with Gasteiger partial charge in [0.05, 0.1) is 25.3 Å². The van der Waals surface area contributed by atoms with Gasteiger partial charge in [0.1, 0.15) is 0 Å². The molecule has 9 heteroatoms. The van der Waals surface area contributed by atoms with Crippen molar-refractivity contribution in [3.63, 3.8) is 0 Å². The number of hydrogen-bond acceptors (Lipinski definition) is 7. The summed E-state index contributed by atoms with van der Waals surface area (Å²) in [5.74, 6) is -0.685. The van der Waals surface area contributed by atoms with E-state index in [1.807, 2.05) is 4.31 Å². The zero-order valence-electron chi connectivity index (χ0n) is 14.5. The van der Waals surface area contributed by atoms with E-state index in [1.165, 1.54) is 19.2 Å². The molecule has 1 aromatic carbocycles. The molecule has 0 radical (unpaired) electrons. The van der Waals surface area contributed by atoms with Crippen LogP contribution in [0.1, 0.15) is 31.4 Å². The number of benzene rings is 1. The number of esters is 2. The predicted octanol–water partition coefficient (Wildman–Crippen LogP) is 3.90. The summed E-state index contributed by atoms with van der Waals surface area (Å²) in [5, 5.41) is 0.984. The van der Waals surface area contributed by atoms with Crippen molar-refractivity contribution in [2.45, 2.75) is 25.8 Å². The molecule has 6 nitrogen and oxygen atoms in total. The van der Waals surface area contributed by atoms with E-state index >= 15 is 0 Å². The SMILES string of the molecule is CCOC(=O)C1=CN(CCCC(=O)OC)SNC1c1ccc(Cl)cc1Cl. The van der Waals surface area contributed by atoms with Crippen molar-refractivity contribution in [2.75, 3.05) is 20.3 Å². The molecular weight excluding hydrogens is 399 g/mol. The first-order valence-corrected chi connectivity index (χ1v) is 9.59. The Kier molecular flexibility index (Phi) is 8.09. The minimum Gasteiger partial charge on any atom is -0.469 e. The average Bonchev–Trinajstić information content (AvgIpc) is 2.62. The molecule has 1 atom stereocenters. The summed E-state index contributed by atoms with van der Waals surface area (Å²) in [5.41, 5.74) is 1.17. The number of hydrogen-bond donors (Lipinski definition) is 1. The second-order valence-electron chi connectivity index (χ2n) is 5.43. The van der Waals surface area contributed by atoms with Crippen molar-refractivity contribution in [1.29, 1.82) is 0 Å². The number of nitrogens with zero attached hydrogens (tertiary/aromatic N) is 1. The first kappa shape index (κ1) is 20.9. The van der Waals surface area contributed by atoms with Gasteiger partial charge in [0.2, 0.25) is 0 Å². The molecule has 1 N–H and O–H groups in total. The van der Waals surface area contributed by atoms with Gasteiger partial charge < -0.3 is 13.8 Å². The molecule has 1 unspecified atom stereocenters. The zero-order valence-corrected chi connectivity index (χ0v) is 16.8. The van der Waals surface area contributed by atoms with Crippen LogP contribution in [-0.4, -0.2) is 36.5 Å². The fourth-order valence-electron chi connectivity index (χ4n) is 2.38. The van der Waals surface area contributed by atoms with Crippen molar-refractivity contribution in [1.82, 2.24) is 9.03 Å². The van der Waals surface area contributed by atoms with Crippen molar-refractivity contribution in [2.24, 2.45) is 0 Å². The van der Waals surface area contributed by atoms with E-state index in [9.17, 15) is 9.59 Å². The first-order chi connectivity index (χ1) is 12.5. The van der Waals surface area contributed by atoms with Crippen LogP contribution in [0.2, 0.25) is 10.0 Å². The van der Waals surface area contributed by atoms with Crippen LogP contribution in [0.4, 0.5) is 0 Å². The van der Waals surface area contributed by atoms with Crippen LogP contribution in [0.5, 0.6) is 0 Å². The lowest BCUT2D eigenvalue weighted by Gasteiger charge is -2.31. The topological polar surface area (TPSA) is 67.9 Å². The maximum Gasteiger partial charge on any atom is 0.337 e. The molecule has 0 fully saturated rings. The zero-order chi connectivity index (χ0) is 19.1. The van der Waals surface area contributed by atoms with Gasteiger partial charge in [0.15, 0.2) is 0 Å². The number of rotatable bonds is 7. The molecule has 1 aliphatic rings. The van der Waals surface area contributed by atoms with E-state index in [4.69, 9.17) is 27.9 Å². The lowest BCUT2D eigenvalue weighted by Crippen LogP contribution is -2.32. The first-order valence-electron chi connectivity index (χ1n) is 8.06. The third-order valence-electron chi connectivity index (χ3n) is 3.65. The van der Waals surface area contributed by atoms with Gasteiger partial charge in [-0.15, -0.1) is 0 Å². The Hall–Kier alpha value is -1.41. The summed E-state index contributed by atoms with van der Waals surface area (Å²) >= 11 is 13.6. The Morgan fingerprint density at radius 1 is 1.35 bits per heavy atom. The quantitative estimate of drug-likeness (QED) is 0.531. The Bertz CT molecular complexity index is 699. The molecule has 0 aliphatic carbocycles. The Morgan fingerprint density at radius 2 is 2.12 bits per heavy atom. The van der Waals surface area contributed by atoms with Crippen molar-refractivity contribution in [3.05, 3.63) is 45.6 Å². The van der Waals surface area contributed by atoms with Crippen LogP contribution in [0.15, 0.2) is 30.0 Å². The predicted molar refractivity (Wildman–Crippen MR) is 103 cm³/mol. The highest BCUT2D eigenvalue weighted by atomic mass is 35.5. The largest absolute Gasteiger partial charge is 0.469 e. The Balaban J connectivity index is 2.19. The van der Waals surface area contributed by atoms with E-state index in [-0.39, 0.29) is 12.6 Å². The fourth-order valence-corrected chi connectivity index (χ4v) is 3.78. The molecule has 0 amide bonds. The van der Waals surface area contributed by atoms with E-state index in [2.05, 4.69) is 9.46 Å². The van der Waals surface area contributed by atoms with Gasteiger partial charge in [0.25, 0.3) is 0 Å². The number of nitrogens with one attached hydrogen (secondary N) is 1. The summed E-state index contributed by atoms with van der Waals surface area (Å²) in [4.78, 5) is 23.7. The van der Waals surface area contributed by atoms with Crippen LogP contribution in [-0.2, 0) is 19.1 Å².